The van der Waals surface area contributed by atoms with Crippen molar-refractivity contribution in [1.82, 2.24) is 4.98 Å². The number of aliphatic hydroxyl groups is 1. The number of hydrogen-bond acceptors (Lipinski definition) is 7. The molecule has 1 aliphatic heterocycles. The summed E-state index contributed by atoms with van der Waals surface area (Å²) >= 11 is 0. The molecular weight excluding hydrogens is 452 g/mol. The molecule has 1 amide bonds. The van der Waals surface area contributed by atoms with Gasteiger partial charge in [0.1, 0.15) is 11.9 Å². The van der Waals surface area contributed by atoms with E-state index in [0.717, 1.165) is 22.9 Å². The number of nitrogens with zero attached hydrogens (tertiary/aromatic N) is 3. The predicted molar refractivity (Wildman–Crippen MR) is 129 cm³/mol. The zero-order valence-corrected chi connectivity index (χ0v) is 19.8. The minimum Gasteiger partial charge on any atom is -0.386 e. The van der Waals surface area contributed by atoms with Gasteiger partial charge in [-0.2, -0.15) is 5.26 Å². The van der Waals surface area contributed by atoms with E-state index in [1.165, 1.54) is 18.2 Å². The number of benzene rings is 2. The van der Waals surface area contributed by atoms with Gasteiger partial charge in [-0.3, -0.25) is 4.79 Å². The van der Waals surface area contributed by atoms with Crippen LogP contribution in [0.15, 0.2) is 59.6 Å². The zero-order chi connectivity index (χ0) is 24.7. The monoisotopic (exact) mass is 476 g/mol. The number of rotatable bonds is 5. The molecule has 34 heavy (non-hydrogen) atoms. The Labute approximate surface area is 198 Å². The summed E-state index contributed by atoms with van der Waals surface area (Å²) in [5, 5.41) is 22.5. The van der Waals surface area contributed by atoms with E-state index >= 15 is 0 Å². The molecule has 0 atom stereocenters. The fourth-order valence-electron chi connectivity index (χ4n) is 3.95. The second-order valence-electron chi connectivity index (χ2n) is 8.84. The van der Waals surface area contributed by atoms with Crippen LogP contribution in [-0.4, -0.2) is 49.4 Å². The summed E-state index contributed by atoms with van der Waals surface area (Å²) in [7, 11) is -3.43. The van der Waals surface area contributed by atoms with Crippen LogP contribution in [0.1, 0.15) is 28.4 Å². The number of aryl methyl sites for hydroxylation is 1. The van der Waals surface area contributed by atoms with Gasteiger partial charge in [-0.25, -0.2) is 13.4 Å². The quantitative estimate of drug-likeness (QED) is 0.580. The van der Waals surface area contributed by atoms with Crippen molar-refractivity contribution in [1.29, 1.82) is 5.26 Å². The molecule has 1 aliphatic rings. The van der Waals surface area contributed by atoms with Crippen molar-refractivity contribution in [2.75, 3.05) is 29.6 Å². The molecule has 1 fully saturated rings. The van der Waals surface area contributed by atoms with Gasteiger partial charge < -0.3 is 15.3 Å². The Morgan fingerprint density at radius 3 is 2.59 bits per heavy atom. The third-order valence-corrected chi connectivity index (χ3v) is 6.79. The van der Waals surface area contributed by atoms with Crippen LogP contribution in [0.3, 0.4) is 0 Å². The molecule has 3 aromatic rings. The number of carbonyl (C=O) groups is 1. The number of aromatic nitrogens is 1. The van der Waals surface area contributed by atoms with Crippen LogP contribution in [0.25, 0.3) is 11.1 Å². The van der Waals surface area contributed by atoms with Crippen LogP contribution in [-0.2, 0) is 9.84 Å². The smallest absolute Gasteiger partial charge is 0.255 e. The van der Waals surface area contributed by atoms with Crippen molar-refractivity contribution < 1.29 is 18.3 Å². The topological polar surface area (TPSA) is 123 Å². The summed E-state index contributed by atoms with van der Waals surface area (Å²) in [6, 6.07) is 15.2. The van der Waals surface area contributed by atoms with Crippen LogP contribution in [0.4, 0.5) is 11.5 Å². The molecule has 0 spiro atoms. The third kappa shape index (κ3) is 4.78. The van der Waals surface area contributed by atoms with Crippen molar-refractivity contribution in [3.05, 3.63) is 71.4 Å². The van der Waals surface area contributed by atoms with Crippen molar-refractivity contribution in [3.63, 3.8) is 0 Å². The van der Waals surface area contributed by atoms with Gasteiger partial charge in [0.2, 0.25) is 0 Å². The number of pyridine rings is 1. The number of carbonyl (C=O) groups excluding carboxylic acids is 1. The summed E-state index contributed by atoms with van der Waals surface area (Å²) in [4.78, 5) is 19.2. The maximum absolute atomic E-state index is 12.8. The molecule has 0 bridgehead atoms. The molecule has 1 aromatic heterocycles. The first kappa shape index (κ1) is 23.4. The van der Waals surface area contributed by atoms with Gasteiger partial charge >= 0.3 is 0 Å². The van der Waals surface area contributed by atoms with Crippen LogP contribution >= 0.6 is 0 Å². The largest absolute Gasteiger partial charge is 0.386 e. The molecule has 1 saturated heterocycles. The van der Waals surface area contributed by atoms with E-state index in [1.807, 2.05) is 17.9 Å². The minimum atomic E-state index is -3.43. The lowest BCUT2D eigenvalue weighted by Gasteiger charge is -2.45. The van der Waals surface area contributed by atoms with Crippen LogP contribution in [0.2, 0.25) is 0 Å². The molecule has 2 N–H and O–H groups in total. The number of nitrogens with one attached hydrogen (secondary N) is 1. The van der Waals surface area contributed by atoms with Gasteiger partial charge in [-0.15, -0.1) is 0 Å². The molecular formula is C25H24N4O4S. The van der Waals surface area contributed by atoms with Crippen LogP contribution in [0.5, 0.6) is 0 Å². The van der Waals surface area contributed by atoms with E-state index in [4.69, 9.17) is 0 Å². The predicted octanol–water partition coefficient (Wildman–Crippen LogP) is 3.16. The second-order valence-corrected chi connectivity index (χ2v) is 10.9. The van der Waals surface area contributed by atoms with Crippen LogP contribution in [0, 0.1) is 18.3 Å². The Kier molecular flexibility index (Phi) is 5.89. The first-order valence-corrected chi connectivity index (χ1v) is 12.5. The molecule has 8 nitrogen and oxygen atoms in total. The summed E-state index contributed by atoms with van der Waals surface area (Å²) < 4.78 is 23.6. The summed E-state index contributed by atoms with van der Waals surface area (Å²) in [5.41, 5.74) is 2.83. The SMILES string of the molecule is Cc1ccc(NC(=O)c2cccc(S(C)(=O)=O)c2)cc1-c1cnc(N2CC(C)(O)C2)c(C#N)c1. The highest BCUT2D eigenvalue weighted by molar-refractivity contribution is 7.90. The molecule has 4 rings (SSSR count). The number of hydrogen-bond donors (Lipinski definition) is 2. The highest BCUT2D eigenvalue weighted by atomic mass is 32.2. The first-order chi connectivity index (χ1) is 16.0. The molecule has 2 aromatic carbocycles. The summed E-state index contributed by atoms with van der Waals surface area (Å²) in [6.07, 6.45) is 2.77. The average Bonchev–Trinajstić information content (AvgIpc) is 2.77. The van der Waals surface area contributed by atoms with Crippen molar-refractivity contribution >= 4 is 27.2 Å². The number of β-amino-alcohol motifs (C(OH)–C–C–N with tert-alkyl or cyclic N) is 1. The Hall–Kier alpha value is -3.74. The van der Waals surface area contributed by atoms with Crippen LogP contribution < -0.4 is 10.2 Å². The lowest BCUT2D eigenvalue weighted by Crippen LogP contribution is -2.60. The Balaban J connectivity index is 1.61. The standard InChI is InChI=1S/C25H24N4O4S/c1-16-7-8-20(28-24(30)17-5-4-6-21(10-17)34(3,32)33)11-22(16)19-9-18(12-26)23(27-13-19)29-14-25(2,31)15-29/h4-11,13,31H,14-15H2,1-3H3,(H,28,30). The Morgan fingerprint density at radius 2 is 1.94 bits per heavy atom. The highest BCUT2D eigenvalue weighted by Gasteiger charge is 2.38. The van der Waals surface area contributed by atoms with Crippen molar-refractivity contribution in [2.45, 2.75) is 24.3 Å². The summed E-state index contributed by atoms with van der Waals surface area (Å²) in [5.74, 6) is 0.0990. The van der Waals surface area contributed by atoms with E-state index in [-0.39, 0.29) is 10.5 Å². The number of nitriles is 1. The molecule has 0 radical (unpaired) electrons. The maximum atomic E-state index is 12.8. The number of amides is 1. The van der Waals surface area contributed by atoms with E-state index in [2.05, 4.69) is 16.4 Å². The molecule has 9 heteroatoms. The van der Waals surface area contributed by atoms with Gasteiger partial charge in [0.05, 0.1) is 16.1 Å². The highest BCUT2D eigenvalue weighted by Crippen LogP contribution is 2.32. The Morgan fingerprint density at radius 1 is 1.21 bits per heavy atom. The van der Waals surface area contributed by atoms with Gasteiger partial charge in [-0.1, -0.05) is 12.1 Å². The van der Waals surface area contributed by atoms with E-state index in [1.54, 1.807) is 37.4 Å². The fraction of sp³-hybridized carbons (Fsp3) is 0.240. The number of anilines is 2. The fourth-order valence-corrected chi connectivity index (χ4v) is 4.61. The van der Waals surface area contributed by atoms with Gasteiger partial charge in [0, 0.05) is 42.4 Å². The second kappa shape index (κ2) is 8.56. The lowest BCUT2D eigenvalue weighted by atomic mass is 9.95. The van der Waals surface area contributed by atoms with E-state index in [9.17, 15) is 23.6 Å². The van der Waals surface area contributed by atoms with Gasteiger partial charge in [0.25, 0.3) is 5.91 Å². The molecule has 0 saturated carbocycles. The van der Waals surface area contributed by atoms with Crippen molar-refractivity contribution in [3.8, 4) is 17.2 Å². The lowest BCUT2D eigenvalue weighted by molar-refractivity contribution is 0.0305. The molecule has 0 aliphatic carbocycles. The maximum Gasteiger partial charge on any atom is 0.255 e. The Bertz CT molecular complexity index is 1430. The zero-order valence-electron chi connectivity index (χ0n) is 19.0. The van der Waals surface area contributed by atoms with E-state index in [0.29, 0.717) is 30.2 Å². The van der Waals surface area contributed by atoms with E-state index < -0.39 is 21.3 Å². The van der Waals surface area contributed by atoms with Crippen molar-refractivity contribution in [2.24, 2.45) is 0 Å². The van der Waals surface area contributed by atoms with Gasteiger partial charge in [0.15, 0.2) is 9.84 Å². The molecule has 174 valence electrons. The normalized spacial score (nSPS) is 14.7. The first-order valence-electron chi connectivity index (χ1n) is 10.6. The van der Waals surface area contributed by atoms with Gasteiger partial charge in [-0.05, 0) is 61.4 Å². The third-order valence-electron chi connectivity index (χ3n) is 5.68. The number of sulfone groups is 1. The molecule has 2 heterocycles. The average molecular weight is 477 g/mol. The minimum absolute atomic E-state index is 0.0728. The summed E-state index contributed by atoms with van der Waals surface area (Å²) in [6.45, 7) is 4.48. The molecule has 0 unspecified atom stereocenters.